The van der Waals surface area contributed by atoms with Crippen LogP contribution >= 0.6 is 0 Å². The second-order valence-corrected chi connectivity index (χ2v) is 2.44. The molecule has 56 valence electrons. The minimum atomic E-state index is -0.188. The molecule has 0 amide bonds. The van der Waals surface area contributed by atoms with Gasteiger partial charge >= 0.3 is 0 Å². The van der Waals surface area contributed by atoms with Crippen LogP contribution in [-0.4, -0.2) is 7.85 Å². The SMILES string of the molecule is [B]Cc1c(F)cccc1CC. The number of aryl methyl sites for hydroxylation is 1. The van der Waals surface area contributed by atoms with E-state index >= 15 is 0 Å². The first-order valence-electron chi connectivity index (χ1n) is 3.76. The van der Waals surface area contributed by atoms with Crippen LogP contribution in [0.4, 0.5) is 4.39 Å². The van der Waals surface area contributed by atoms with Gasteiger partial charge in [-0.3, -0.25) is 0 Å². The molecule has 0 spiro atoms. The zero-order valence-electron chi connectivity index (χ0n) is 6.60. The monoisotopic (exact) mass is 148 g/mol. The van der Waals surface area contributed by atoms with Crippen molar-refractivity contribution in [3.63, 3.8) is 0 Å². The Morgan fingerprint density at radius 1 is 1.45 bits per heavy atom. The van der Waals surface area contributed by atoms with Crippen molar-refractivity contribution in [3.05, 3.63) is 35.1 Å². The molecule has 0 aromatic heterocycles. The summed E-state index contributed by atoms with van der Waals surface area (Å²) in [5.74, 6) is -0.188. The summed E-state index contributed by atoms with van der Waals surface area (Å²) in [4.78, 5) is 0. The molecule has 0 saturated heterocycles. The number of hydrogen-bond donors (Lipinski definition) is 0. The predicted molar refractivity (Wildman–Crippen MR) is 45.2 cm³/mol. The van der Waals surface area contributed by atoms with Crippen LogP contribution in [0.25, 0.3) is 0 Å². The zero-order chi connectivity index (χ0) is 8.27. The number of halogens is 1. The lowest BCUT2D eigenvalue weighted by Crippen LogP contribution is -1.96. The first kappa shape index (κ1) is 8.31. The van der Waals surface area contributed by atoms with Crippen LogP contribution in [0.2, 0.25) is 0 Å². The molecular weight excluding hydrogens is 138 g/mol. The molecule has 0 nitrogen and oxygen atoms in total. The molecule has 0 heterocycles. The van der Waals surface area contributed by atoms with Crippen molar-refractivity contribution in [2.45, 2.75) is 19.7 Å². The molecule has 1 rings (SSSR count). The molecule has 11 heavy (non-hydrogen) atoms. The van der Waals surface area contributed by atoms with E-state index in [-0.39, 0.29) is 12.1 Å². The van der Waals surface area contributed by atoms with Crippen molar-refractivity contribution >= 4 is 7.85 Å². The second kappa shape index (κ2) is 3.56. The summed E-state index contributed by atoms with van der Waals surface area (Å²) in [6.45, 7) is 1.99. The molecule has 2 heteroatoms. The van der Waals surface area contributed by atoms with Gasteiger partial charge in [-0.25, -0.2) is 4.39 Å². The maximum Gasteiger partial charge on any atom is 0.125 e. The van der Waals surface area contributed by atoms with Crippen molar-refractivity contribution in [1.29, 1.82) is 0 Å². The fourth-order valence-electron chi connectivity index (χ4n) is 1.16. The third kappa shape index (κ3) is 1.62. The van der Waals surface area contributed by atoms with Crippen molar-refractivity contribution < 1.29 is 4.39 Å². The van der Waals surface area contributed by atoms with Crippen LogP contribution in [0.15, 0.2) is 18.2 Å². The average molecular weight is 148 g/mol. The summed E-state index contributed by atoms with van der Waals surface area (Å²) in [5, 5.41) is 0. The minimum absolute atomic E-state index is 0.188. The number of benzene rings is 1. The van der Waals surface area contributed by atoms with Gasteiger partial charge in [0.15, 0.2) is 0 Å². The van der Waals surface area contributed by atoms with E-state index in [4.69, 9.17) is 7.85 Å². The van der Waals surface area contributed by atoms with E-state index in [0.29, 0.717) is 5.56 Å². The minimum Gasteiger partial charge on any atom is -0.207 e. The summed E-state index contributed by atoms with van der Waals surface area (Å²) in [6.07, 6.45) is 1.13. The van der Waals surface area contributed by atoms with Crippen LogP contribution in [0.5, 0.6) is 0 Å². The van der Waals surface area contributed by atoms with Gasteiger partial charge < -0.3 is 0 Å². The van der Waals surface area contributed by atoms with Crippen molar-refractivity contribution in [2.75, 3.05) is 0 Å². The summed E-state index contributed by atoms with van der Waals surface area (Å²) in [6, 6.07) is 5.07. The molecule has 0 aliphatic heterocycles. The van der Waals surface area contributed by atoms with Gasteiger partial charge in [0.25, 0.3) is 0 Å². The van der Waals surface area contributed by atoms with Gasteiger partial charge in [-0.05, 0) is 23.6 Å². The number of rotatable bonds is 2. The van der Waals surface area contributed by atoms with Gasteiger partial charge in [-0.2, -0.15) is 0 Å². The molecular formula is C9H10BF. The lowest BCUT2D eigenvalue weighted by molar-refractivity contribution is 0.614. The lowest BCUT2D eigenvalue weighted by atomic mass is 9.91. The Morgan fingerprint density at radius 2 is 2.18 bits per heavy atom. The average Bonchev–Trinajstić information content (AvgIpc) is 2.04. The van der Waals surface area contributed by atoms with Gasteiger partial charge in [0.1, 0.15) is 5.82 Å². The van der Waals surface area contributed by atoms with Crippen LogP contribution < -0.4 is 0 Å². The van der Waals surface area contributed by atoms with E-state index < -0.39 is 0 Å². The lowest BCUT2D eigenvalue weighted by Gasteiger charge is -2.05. The predicted octanol–water partition coefficient (Wildman–Crippen LogP) is 2.06. The van der Waals surface area contributed by atoms with Crippen LogP contribution in [0.3, 0.4) is 0 Å². The van der Waals surface area contributed by atoms with E-state index in [0.717, 1.165) is 12.0 Å². The molecule has 0 fully saturated rings. The Kier molecular flexibility index (Phi) is 2.69. The fraction of sp³-hybridized carbons (Fsp3) is 0.333. The van der Waals surface area contributed by atoms with Crippen LogP contribution in [-0.2, 0) is 12.7 Å². The fourth-order valence-corrected chi connectivity index (χ4v) is 1.16. The second-order valence-electron chi connectivity index (χ2n) is 2.44. The Labute approximate surface area is 67.8 Å². The first-order chi connectivity index (χ1) is 5.29. The Bertz CT molecular complexity index is 245. The summed E-state index contributed by atoms with van der Waals surface area (Å²) >= 11 is 0. The molecule has 0 bridgehead atoms. The quantitative estimate of drug-likeness (QED) is 0.563. The third-order valence-electron chi connectivity index (χ3n) is 1.80. The highest BCUT2D eigenvalue weighted by atomic mass is 19.1. The maximum atomic E-state index is 13.0. The molecule has 0 N–H and O–H groups in total. The Morgan fingerprint density at radius 3 is 2.64 bits per heavy atom. The number of hydrogen-bond acceptors (Lipinski definition) is 0. The van der Waals surface area contributed by atoms with E-state index in [1.807, 2.05) is 13.0 Å². The van der Waals surface area contributed by atoms with Crippen molar-refractivity contribution in [3.8, 4) is 0 Å². The molecule has 1 aromatic carbocycles. The molecule has 0 aliphatic rings. The Hall–Kier alpha value is -0.785. The topological polar surface area (TPSA) is 0 Å². The zero-order valence-corrected chi connectivity index (χ0v) is 6.60. The molecule has 0 saturated carbocycles. The van der Waals surface area contributed by atoms with E-state index in [9.17, 15) is 4.39 Å². The van der Waals surface area contributed by atoms with Gasteiger partial charge in [-0.15, -0.1) is 0 Å². The van der Waals surface area contributed by atoms with Crippen LogP contribution in [0.1, 0.15) is 18.1 Å². The molecule has 0 atom stereocenters. The Balaban J connectivity index is 3.13. The highest BCUT2D eigenvalue weighted by Crippen LogP contribution is 2.13. The third-order valence-corrected chi connectivity index (χ3v) is 1.80. The van der Waals surface area contributed by atoms with E-state index in [1.54, 1.807) is 6.07 Å². The van der Waals surface area contributed by atoms with Crippen molar-refractivity contribution in [1.82, 2.24) is 0 Å². The highest BCUT2D eigenvalue weighted by molar-refractivity contribution is 6.08. The first-order valence-corrected chi connectivity index (χ1v) is 3.76. The molecule has 1 aromatic rings. The molecule has 2 radical (unpaired) electrons. The van der Waals surface area contributed by atoms with Crippen LogP contribution in [0, 0.1) is 5.82 Å². The van der Waals surface area contributed by atoms with E-state index in [1.165, 1.54) is 6.07 Å². The van der Waals surface area contributed by atoms with Gasteiger partial charge in [0.05, 0.1) is 7.85 Å². The maximum absolute atomic E-state index is 13.0. The normalized spacial score (nSPS) is 10.0. The highest BCUT2D eigenvalue weighted by Gasteiger charge is 2.02. The van der Waals surface area contributed by atoms with Crippen molar-refractivity contribution in [2.24, 2.45) is 0 Å². The van der Waals surface area contributed by atoms with Gasteiger partial charge in [-0.1, -0.05) is 25.4 Å². The largest absolute Gasteiger partial charge is 0.207 e. The summed E-state index contributed by atoms with van der Waals surface area (Å²) < 4.78 is 13.0. The summed E-state index contributed by atoms with van der Waals surface area (Å²) in [5.41, 5.74) is 1.66. The smallest absolute Gasteiger partial charge is 0.125 e. The summed E-state index contributed by atoms with van der Waals surface area (Å²) in [7, 11) is 5.39. The van der Waals surface area contributed by atoms with E-state index in [2.05, 4.69) is 0 Å². The molecule has 0 aliphatic carbocycles. The molecule has 0 unspecified atom stereocenters. The standard InChI is InChI=1S/C9H10BF/c1-2-7-4-3-5-9(11)8(7)6-10/h3-5H,2,6H2,1H3. The van der Waals surface area contributed by atoms with Gasteiger partial charge in [0, 0.05) is 0 Å². The van der Waals surface area contributed by atoms with Gasteiger partial charge in [0.2, 0.25) is 0 Å².